The molecule has 2 nitrogen and oxygen atoms in total. The van der Waals surface area contributed by atoms with Crippen molar-refractivity contribution in [1.82, 2.24) is 0 Å². The van der Waals surface area contributed by atoms with Gasteiger partial charge in [0.15, 0.2) is 5.78 Å². The number of rotatable bonds is 5. The Kier molecular flexibility index (Phi) is 5.07. The monoisotopic (exact) mass is 300 g/mol. The third kappa shape index (κ3) is 4.36. The third-order valence-corrected chi connectivity index (χ3v) is 4.64. The van der Waals surface area contributed by atoms with Crippen molar-refractivity contribution in [1.29, 1.82) is 0 Å². The molecule has 0 aromatic heterocycles. The average Bonchev–Trinajstić information content (AvgIpc) is 2.41. The predicted octanol–water partition coefficient (Wildman–Crippen LogP) is 3.74. The molecule has 0 fully saturated rings. The summed E-state index contributed by atoms with van der Waals surface area (Å²) in [5.74, 6) is 0.471. The molecule has 0 aliphatic carbocycles. The molecule has 0 aliphatic rings. The fraction of sp³-hybridized carbons (Fsp3) is 0.278. The molecule has 0 amide bonds. The number of Topliss-reactive ketones (excluding diaryl/α,β-unsaturated/α-hetero) is 1. The Hall–Kier alpha value is -1.74. The summed E-state index contributed by atoms with van der Waals surface area (Å²) in [7, 11) is -1.17. The van der Waals surface area contributed by atoms with Crippen LogP contribution in [0, 0.1) is 20.8 Å². The van der Waals surface area contributed by atoms with Crippen LogP contribution in [0.2, 0.25) is 0 Å². The maximum atomic E-state index is 12.3. The summed E-state index contributed by atoms with van der Waals surface area (Å²) in [5.41, 5.74) is 4.84. The SMILES string of the molecule is Cc1cccc(CS(=O)CC(=O)c2cc(C)ccc2C)c1. The fourth-order valence-corrected chi connectivity index (χ4v) is 3.40. The van der Waals surface area contributed by atoms with E-state index in [2.05, 4.69) is 0 Å². The van der Waals surface area contributed by atoms with Gasteiger partial charge in [-0.1, -0.05) is 47.5 Å². The van der Waals surface area contributed by atoms with E-state index in [0.717, 1.165) is 22.3 Å². The highest BCUT2D eigenvalue weighted by Crippen LogP contribution is 2.13. The van der Waals surface area contributed by atoms with Crippen LogP contribution < -0.4 is 0 Å². The van der Waals surface area contributed by atoms with E-state index in [0.29, 0.717) is 11.3 Å². The first-order valence-electron chi connectivity index (χ1n) is 6.96. The van der Waals surface area contributed by atoms with Crippen LogP contribution in [0.1, 0.15) is 32.6 Å². The summed E-state index contributed by atoms with van der Waals surface area (Å²) >= 11 is 0. The molecule has 1 atom stereocenters. The molecular formula is C18H20O2S. The van der Waals surface area contributed by atoms with E-state index < -0.39 is 10.8 Å². The molecule has 2 rings (SSSR count). The zero-order chi connectivity index (χ0) is 15.4. The van der Waals surface area contributed by atoms with E-state index in [1.54, 1.807) is 0 Å². The number of hydrogen-bond acceptors (Lipinski definition) is 2. The minimum absolute atomic E-state index is 0.0396. The first-order chi connectivity index (χ1) is 9.95. The van der Waals surface area contributed by atoms with Gasteiger partial charge in [-0.25, -0.2) is 0 Å². The highest BCUT2D eigenvalue weighted by atomic mass is 32.2. The van der Waals surface area contributed by atoms with Crippen molar-refractivity contribution < 1.29 is 9.00 Å². The molecule has 2 aromatic rings. The van der Waals surface area contributed by atoms with Crippen LogP contribution in [-0.4, -0.2) is 15.7 Å². The fourth-order valence-electron chi connectivity index (χ4n) is 2.30. The van der Waals surface area contributed by atoms with Gasteiger partial charge in [0.1, 0.15) is 0 Å². The van der Waals surface area contributed by atoms with Crippen molar-refractivity contribution in [3.63, 3.8) is 0 Å². The Balaban J connectivity index is 2.05. The van der Waals surface area contributed by atoms with Crippen LogP contribution in [0.5, 0.6) is 0 Å². The van der Waals surface area contributed by atoms with Crippen LogP contribution in [0.15, 0.2) is 42.5 Å². The van der Waals surface area contributed by atoms with Crippen LogP contribution >= 0.6 is 0 Å². The molecule has 0 saturated carbocycles. The normalized spacial score (nSPS) is 12.1. The number of carbonyl (C=O) groups is 1. The van der Waals surface area contributed by atoms with Crippen molar-refractivity contribution in [3.8, 4) is 0 Å². The molecule has 110 valence electrons. The lowest BCUT2D eigenvalue weighted by atomic mass is 10.0. The van der Waals surface area contributed by atoms with E-state index in [-0.39, 0.29) is 11.5 Å². The van der Waals surface area contributed by atoms with Gasteiger partial charge in [-0.3, -0.25) is 9.00 Å². The largest absolute Gasteiger partial charge is 0.293 e. The van der Waals surface area contributed by atoms with Crippen molar-refractivity contribution in [2.75, 3.05) is 5.75 Å². The summed E-state index contributed by atoms with van der Waals surface area (Å²) < 4.78 is 12.2. The van der Waals surface area contributed by atoms with Crippen molar-refractivity contribution in [2.45, 2.75) is 26.5 Å². The average molecular weight is 300 g/mol. The molecule has 0 heterocycles. The highest BCUT2D eigenvalue weighted by Gasteiger charge is 2.13. The third-order valence-electron chi connectivity index (χ3n) is 3.40. The molecule has 2 aromatic carbocycles. The first kappa shape index (κ1) is 15.6. The van der Waals surface area contributed by atoms with Crippen LogP contribution in [-0.2, 0) is 16.6 Å². The summed E-state index contributed by atoms with van der Waals surface area (Å²) in [4.78, 5) is 12.3. The van der Waals surface area contributed by atoms with Gasteiger partial charge in [0, 0.05) is 22.1 Å². The predicted molar refractivity (Wildman–Crippen MR) is 88.1 cm³/mol. The number of benzene rings is 2. The molecule has 1 unspecified atom stereocenters. The summed E-state index contributed by atoms with van der Waals surface area (Å²) in [6.07, 6.45) is 0. The Labute approximate surface area is 128 Å². The molecule has 0 N–H and O–H groups in total. The lowest BCUT2D eigenvalue weighted by molar-refractivity contribution is 0.102. The second-order valence-corrected chi connectivity index (χ2v) is 6.92. The first-order valence-corrected chi connectivity index (χ1v) is 8.45. The summed E-state index contributed by atoms with van der Waals surface area (Å²) in [6, 6.07) is 13.7. The minimum atomic E-state index is -1.17. The Morgan fingerprint density at radius 2 is 1.71 bits per heavy atom. The van der Waals surface area contributed by atoms with Crippen molar-refractivity contribution >= 4 is 16.6 Å². The van der Waals surface area contributed by atoms with Gasteiger partial charge in [0.2, 0.25) is 0 Å². The maximum absolute atomic E-state index is 12.3. The Morgan fingerprint density at radius 3 is 2.43 bits per heavy atom. The Bertz CT molecular complexity index is 689. The molecule has 0 bridgehead atoms. The number of carbonyl (C=O) groups excluding carboxylic acids is 1. The van der Waals surface area contributed by atoms with Gasteiger partial charge in [-0.15, -0.1) is 0 Å². The van der Waals surface area contributed by atoms with E-state index >= 15 is 0 Å². The number of aryl methyl sites for hydroxylation is 3. The zero-order valence-electron chi connectivity index (χ0n) is 12.7. The van der Waals surface area contributed by atoms with Crippen molar-refractivity contribution in [3.05, 3.63) is 70.3 Å². The van der Waals surface area contributed by atoms with Gasteiger partial charge in [-0.2, -0.15) is 0 Å². The minimum Gasteiger partial charge on any atom is -0.293 e. The van der Waals surface area contributed by atoms with Crippen LogP contribution in [0.4, 0.5) is 0 Å². The molecule has 0 radical (unpaired) electrons. The lowest BCUT2D eigenvalue weighted by Gasteiger charge is -2.07. The molecule has 0 spiro atoms. The molecule has 0 aliphatic heterocycles. The topological polar surface area (TPSA) is 34.1 Å². The van der Waals surface area contributed by atoms with Gasteiger partial charge < -0.3 is 0 Å². The molecule has 21 heavy (non-hydrogen) atoms. The van der Waals surface area contributed by atoms with Crippen molar-refractivity contribution in [2.24, 2.45) is 0 Å². The second kappa shape index (κ2) is 6.81. The molecule has 3 heteroatoms. The lowest BCUT2D eigenvalue weighted by Crippen LogP contribution is -2.13. The Morgan fingerprint density at radius 1 is 1.00 bits per heavy atom. The number of ketones is 1. The van der Waals surface area contributed by atoms with Gasteiger partial charge in [-0.05, 0) is 38.0 Å². The van der Waals surface area contributed by atoms with Gasteiger partial charge >= 0.3 is 0 Å². The van der Waals surface area contributed by atoms with E-state index in [1.807, 2.05) is 63.2 Å². The quantitative estimate of drug-likeness (QED) is 0.788. The molecular weight excluding hydrogens is 280 g/mol. The standard InChI is InChI=1S/C18H20O2S/c1-13-5-4-6-16(9-13)11-21(20)12-18(19)17-10-14(2)7-8-15(17)3/h4-10H,11-12H2,1-3H3. The van der Waals surface area contributed by atoms with E-state index in [9.17, 15) is 9.00 Å². The van der Waals surface area contributed by atoms with Gasteiger partial charge in [0.25, 0.3) is 0 Å². The zero-order valence-corrected chi connectivity index (χ0v) is 13.5. The highest BCUT2D eigenvalue weighted by molar-refractivity contribution is 7.85. The second-order valence-electron chi connectivity index (χ2n) is 5.46. The molecule has 0 saturated heterocycles. The van der Waals surface area contributed by atoms with Crippen LogP contribution in [0.25, 0.3) is 0 Å². The van der Waals surface area contributed by atoms with E-state index in [4.69, 9.17) is 0 Å². The number of hydrogen-bond donors (Lipinski definition) is 0. The smallest absolute Gasteiger partial charge is 0.175 e. The van der Waals surface area contributed by atoms with Crippen LogP contribution in [0.3, 0.4) is 0 Å². The summed E-state index contributed by atoms with van der Waals surface area (Å²) in [6.45, 7) is 5.88. The maximum Gasteiger partial charge on any atom is 0.175 e. The summed E-state index contributed by atoms with van der Waals surface area (Å²) in [5, 5.41) is 0. The van der Waals surface area contributed by atoms with E-state index in [1.165, 1.54) is 0 Å². The van der Waals surface area contributed by atoms with Gasteiger partial charge in [0.05, 0.1) is 5.75 Å².